The number of terminal acetylenes is 1. The second kappa shape index (κ2) is 4.27. The third-order valence-corrected chi connectivity index (χ3v) is 1.47. The van der Waals surface area contributed by atoms with Crippen LogP contribution in [0.4, 0.5) is 0 Å². The highest BCUT2D eigenvalue weighted by molar-refractivity contribution is 5.91. The van der Waals surface area contributed by atoms with Crippen LogP contribution < -0.4 is 0 Å². The molecule has 3 heteroatoms. The Morgan fingerprint density at radius 2 is 2.54 bits per heavy atom. The summed E-state index contributed by atoms with van der Waals surface area (Å²) >= 11 is 0. The van der Waals surface area contributed by atoms with E-state index in [1.54, 1.807) is 13.0 Å². The number of esters is 1. The van der Waals surface area contributed by atoms with E-state index >= 15 is 0 Å². The zero-order valence-electron chi connectivity index (χ0n) is 7.28. The Balaban J connectivity index is 3.01. The lowest BCUT2D eigenvalue weighted by atomic mass is 10.1. The fourth-order valence-electron chi connectivity index (χ4n) is 0.892. The van der Waals surface area contributed by atoms with Gasteiger partial charge in [-0.15, -0.1) is 6.42 Å². The standard InChI is InChI=1S/C10H9NO2/c1-3-8-5-6-11-7-9(8)10(12)13-4-2/h1,5-7H,4H2,2H3. The van der Waals surface area contributed by atoms with Crippen LogP contribution in [0.15, 0.2) is 18.5 Å². The van der Waals surface area contributed by atoms with Gasteiger partial charge in [0.2, 0.25) is 0 Å². The summed E-state index contributed by atoms with van der Waals surface area (Å²) in [5.74, 6) is 1.97. The summed E-state index contributed by atoms with van der Waals surface area (Å²) in [5, 5.41) is 0. The molecule has 0 atom stereocenters. The van der Waals surface area contributed by atoms with Crippen molar-refractivity contribution < 1.29 is 9.53 Å². The van der Waals surface area contributed by atoms with Crippen molar-refractivity contribution in [2.75, 3.05) is 6.61 Å². The van der Waals surface area contributed by atoms with E-state index in [0.29, 0.717) is 17.7 Å². The van der Waals surface area contributed by atoms with Gasteiger partial charge < -0.3 is 4.74 Å². The van der Waals surface area contributed by atoms with Crippen molar-refractivity contribution in [2.45, 2.75) is 6.92 Å². The Morgan fingerprint density at radius 1 is 1.77 bits per heavy atom. The average molecular weight is 175 g/mol. The van der Waals surface area contributed by atoms with Crippen molar-refractivity contribution in [3.63, 3.8) is 0 Å². The molecular formula is C10H9NO2. The highest BCUT2D eigenvalue weighted by Crippen LogP contribution is 2.06. The number of hydrogen-bond acceptors (Lipinski definition) is 3. The summed E-state index contributed by atoms with van der Waals surface area (Å²) in [6.07, 6.45) is 8.15. The van der Waals surface area contributed by atoms with E-state index < -0.39 is 5.97 Å². The van der Waals surface area contributed by atoms with E-state index in [1.807, 2.05) is 0 Å². The minimum atomic E-state index is -0.427. The molecule has 66 valence electrons. The molecule has 0 bridgehead atoms. The maximum absolute atomic E-state index is 11.3. The lowest BCUT2D eigenvalue weighted by molar-refractivity contribution is 0.0525. The number of hydrogen-bond donors (Lipinski definition) is 0. The van der Waals surface area contributed by atoms with Crippen LogP contribution >= 0.6 is 0 Å². The Morgan fingerprint density at radius 3 is 3.15 bits per heavy atom. The summed E-state index contributed by atoms with van der Waals surface area (Å²) in [7, 11) is 0. The van der Waals surface area contributed by atoms with Gasteiger partial charge in [0.1, 0.15) is 0 Å². The SMILES string of the molecule is C#Cc1ccncc1C(=O)OCC. The van der Waals surface area contributed by atoms with Gasteiger partial charge in [-0.2, -0.15) is 0 Å². The van der Waals surface area contributed by atoms with Gasteiger partial charge >= 0.3 is 5.97 Å². The van der Waals surface area contributed by atoms with E-state index in [4.69, 9.17) is 11.2 Å². The first-order valence-corrected chi connectivity index (χ1v) is 3.87. The summed E-state index contributed by atoms with van der Waals surface area (Å²) in [6.45, 7) is 2.07. The molecule has 0 unspecified atom stereocenters. The fraction of sp³-hybridized carbons (Fsp3) is 0.200. The van der Waals surface area contributed by atoms with Gasteiger partial charge in [0.05, 0.1) is 12.2 Å². The summed E-state index contributed by atoms with van der Waals surface area (Å²) in [5.41, 5.74) is 0.848. The quantitative estimate of drug-likeness (QED) is 0.501. The van der Waals surface area contributed by atoms with Gasteiger partial charge in [-0.05, 0) is 13.0 Å². The lowest BCUT2D eigenvalue weighted by Crippen LogP contribution is -2.07. The molecule has 13 heavy (non-hydrogen) atoms. The fourth-order valence-corrected chi connectivity index (χ4v) is 0.892. The highest BCUT2D eigenvalue weighted by atomic mass is 16.5. The van der Waals surface area contributed by atoms with Gasteiger partial charge in [0, 0.05) is 18.0 Å². The summed E-state index contributed by atoms with van der Waals surface area (Å²) < 4.78 is 4.80. The number of carbonyl (C=O) groups excluding carboxylic acids is 1. The normalized spacial score (nSPS) is 8.92. The molecule has 0 spiro atoms. The van der Waals surface area contributed by atoms with Gasteiger partial charge in [-0.3, -0.25) is 4.98 Å². The Hall–Kier alpha value is -1.82. The van der Waals surface area contributed by atoms with Crippen LogP contribution in [0.1, 0.15) is 22.8 Å². The molecule has 0 fully saturated rings. The predicted octanol–water partition coefficient (Wildman–Crippen LogP) is 1.24. The van der Waals surface area contributed by atoms with Crippen LogP contribution in [-0.2, 0) is 4.74 Å². The van der Waals surface area contributed by atoms with E-state index in [1.165, 1.54) is 12.4 Å². The second-order valence-electron chi connectivity index (χ2n) is 2.29. The maximum Gasteiger partial charge on any atom is 0.340 e. The first-order chi connectivity index (χ1) is 6.29. The van der Waals surface area contributed by atoms with Crippen LogP contribution in [-0.4, -0.2) is 17.6 Å². The molecule has 0 saturated heterocycles. The number of rotatable bonds is 2. The monoisotopic (exact) mass is 175 g/mol. The van der Waals surface area contributed by atoms with Crippen LogP contribution in [0.25, 0.3) is 0 Å². The number of aromatic nitrogens is 1. The van der Waals surface area contributed by atoms with Crippen molar-refractivity contribution in [3.05, 3.63) is 29.6 Å². The third kappa shape index (κ3) is 2.06. The molecule has 1 aromatic heterocycles. The first kappa shape index (κ1) is 9.27. The molecule has 1 aromatic rings. The zero-order valence-corrected chi connectivity index (χ0v) is 7.28. The van der Waals surface area contributed by atoms with E-state index in [2.05, 4.69) is 10.9 Å². The van der Waals surface area contributed by atoms with Gasteiger partial charge in [-0.1, -0.05) is 5.92 Å². The molecule has 0 radical (unpaired) electrons. The Bertz CT molecular complexity index is 352. The van der Waals surface area contributed by atoms with E-state index in [0.717, 1.165) is 0 Å². The molecule has 3 nitrogen and oxygen atoms in total. The Kier molecular flexibility index (Phi) is 3.04. The molecule has 0 aliphatic carbocycles. The minimum absolute atomic E-state index is 0.331. The van der Waals surface area contributed by atoms with Crippen LogP contribution in [0.2, 0.25) is 0 Å². The maximum atomic E-state index is 11.3. The first-order valence-electron chi connectivity index (χ1n) is 3.87. The van der Waals surface area contributed by atoms with Crippen LogP contribution in [0.3, 0.4) is 0 Å². The molecule has 0 aliphatic heterocycles. The van der Waals surface area contributed by atoms with E-state index in [9.17, 15) is 4.79 Å². The number of pyridine rings is 1. The molecule has 0 N–H and O–H groups in total. The summed E-state index contributed by atoms with van der Waals surface area (Å²) in [4.78, 5) is 15.1. The summed E-state index contributed by atoms with van der Waals surface area (Å²) in [6, 6.07) is 1.60. The van der Waals surface area contributed by atoms with Crippen molar-refractivity contribution in [2.24, 2.45) is 0 Å². The topological polar surface area (TPSA) is 39.2 Å². The van der Waals surface area contributed by atoms with Crippen molar-refractivity contribution >= 4 is 5.97 Å². The predicted molar refractivity (Wildman–Crippen MR) is 48.1 cm³/mol. The second-order valence-corrected chi connectivity index (χ2v) is 2.29. The number of nitrogens with zero attached hydrogens (tertiary/aromatic N) is 1. The molecule has 0 amide bonds. The molecule has 0 aromatic carbocycles. The molecule has 0 saturated carbocycles. The van der Waals surface area contributed by atoms with Gasteiger partial charge in [-0.25, -0.2) is 4.79 Å². The molecular weight excluding hydrogens is 166 g/mol. The number of carbonyl (C=O) groups is 1. The largest absolute Gasteiger partial charge is 0.462 e. The van der Waals surface area contributed by atoms with E-state index in [-0.39, 0.29) is 0 Å². The highest BCUT2D eigenvalue weighted by Gasteiger charge is 2.10. The van der Waals surface area contributed by atoms with Crippen molar-refractivity contribution in [1.82, 2.24) is 4.98 Å². The van der Waals surface area contributed by atoms with Crippen LogP contribution in [0.5, 0.6) is 0 Å². The Labute approximate surface area is 76.8 Å². The average Bonchev–Trinajstić information content (AvgIpc) is 2.18. The zero-order chi connectivity index (χ0) is 9.68. The van der Waals surface area contributed by atoms with Crippen molar-refractivity contribution in [3.8, 4) is 12.3 Å². The molecule has 1 heterocycles. The molecule has 1 rings (SSSR count). The minimum Gasteiger partial charge on any atom is -0.462 e. The van der Waals surface area contributed by atoms with Gasteiger partial charge in [0.15, 0.2) is 0 Å². The molecule has 0 aliphatic rings. The van der Waals surface area contributed by atoms with Gasteiger partial charge in [0.25, 0.3) is 0 Å². The van der Waals surface area contributed by atoms with Crippen LogP contribution in [0, 0.1) is 12.3 Å². The van der Waals surface area contributed by atoms with Crippen molar-refractivity contribution in [1.29, 1.82) is 0 Å². The third-order valence-electron chi connectivity index (χ3n) is 1.47. The smallest absolute Gasteiger partial charge is 0.340 e. The lowest BCUT2D eigenvalue weighted by Gasteiger charge is -2.02. The number of ether oxygens (including phenoxy) is 1.